The van der Waals surface area contributed by atoms with Crippen LogP contribution in [0.5, 0.6) is 0 Å². The third kappa shape index (κ3) is 2.54. The quantitative estimate of drug-likeness (QED) is 0.581. The van der Waals surface area contributed by atoms with E-state index in [0.29, 0.717) is 0 Å². The molecular weight excluding hydrogens is 144 g/mol. The fraction of sp³-hybridized carbons (Fsp3) is 0.333. The van der Waals surface area contributed by atoms with E-state index in [-0.39, 0.29) is 0 Å². The summed E-state index contributed by atoms with van der Waals surface area (Å²) >= 11 is 0. The molecule has 0 heteroatoms. The molecule has 0 N–H and O–H groups in total. The number of hydrogen-bond donors (Lipinski definition) is 0. The molecule has 0 aliphatic rings. The Bertz CT molecular complexity index is 265. The largest absolute Gasteiger partial charge is 0.0884 e. The van der Waals surface area contributed by atoms with Gasteiger partial charge in [0, 0.05) is 0 Å². The van der Waals surface area contributed by atoms with Crippen LogP contribution in [-0.4, -0.2) is 0 Å². The van der Waals surface area contributed by atoms with Crippen LogP contribution in [-0.2, 0) is 6.42 Å². The summed E-state index contributed by atoms with van der Waals surface area (Å²) in [5, 5.41) is 0. The van der Waals surface area contributed by atoms with E-state index in [9.17, 15) is 0 Å². The van der Waals surface area contributed by atoms with Gasteiger partial charge in [-0.1, -0.05) is 41.5 Å². The molecule has 1 rings (SSSR count). The average molecular weight is 160 g/mol. The molecule has 0 unspecified atom stereocenters. The van der Waals surface area contributed by atoms with Crippen LogP contribution < -0.4 is 0 Å². The number of benzene rings is 1. The van der Waals surface area contributed by atoms with Crippen molar-refractivity contribution in [3.8, 4) is 0 Å². The van der Waals surface area contributed by atoms with Crippen LogP contribution in [0.3, 0.4) is 0 Å². The van der Waals surface area contributed by atoms with Crippen molar-refractivity contribution in [2.75, 3.05) is 0 Å². The highest BCUT2D eigenvalue weighted by atomic mass is 14.0. The predicted molar refractivity (Wildman–Crippen MR) is 54.3 cm³/mol. The van der Waals surface area contributed by atoms with Gasteiger partial charge in [-0.3, -0.25) is 0 Å². The van der Waals surface area contributed by atoms with Crippen molar-refractivity contribution in [1.82, 2.24) is 0 Å². The van der Waals surface area contributed by atoms with Gasteiger partial charge in [-0.05, 0) is 32.8 Å². The number of hydrogen-bond acceptors (Lipinski definition) is 0. The van der Waals surface area contributed by atoms with Gasteiger partial charge in [0.2, 0.25) is 0 Å². The van der Waals surface area contributed by atoms with Gasteiger partial charge >= 0.3 is 0 Å². The minimum atomic E-state index is 1.08. The minimum Gasteiger partial charge on any atom is -0.0884 e. The highest BCUT2D eigenvalue weighted by Gasteiger charge is 1.92. The van der Waals surface area contributed by atoms with Gasteiger partial charge < -0.3 is 0 Å². The molecule has 0 aliphatic heterocycles. The van der Waals surface area contributed by atoms with E-state index >= 15 is 0 Å². The topological polar surface area (TPSA) is 0 Å². The lowest BCUT2D eigenvalue weighted by molar-refractivity contribution is 1.13. The van der Waals surface area contributed by atoms with E-state index in [1.165, 1.54) is 16.7 Å². The van der Waals surface area contributed by atoms with E-state index in [0.717, 1.165) is 6.42 Å². The molecule has 0 heterocycles. The molecule has 0 saturated carbocycles. The van der Waals surface area contributed by atoms with Crippen molar-refractivity contribution in [2.45, 2.75) is 27.2 Å². The van der Waals surface area contributed by atoms with Crippen LogP contribution in [0.15, 0.2) is 35.9 Å². The van der Waals surface area contributed by atoms with Gasteiger partial charge in [0.05, 0.1) is 0 Å². The van der Waals surface area contributed by atoms with Crippen molar-refractivity contribution in [1.29, 1.82) is 0 Å². The normalized spacial score (nSPS) is 11.8. The molecule has 64 valence electrons. The summed E-state index contributed by atoms with van der Waals surface area (Å²) < 4.78 is 0. The molecule has 12 heavy (non-hydrogen) atoms. The summed E-state index contributed by atoms with van der Waals surface area (Å²) in [5.41, 5.74) is 4.16. The maximum absolute atomic E-state index is 2.20. The lowest BCUT2D eigenvalue weighted by Crippen LogP contribution is -1.85. The Balaban J connectivity index is 2.71. The number of aryl methyl sites for hydroxylation is 1. The predicted octanol–water partition coefficient (Wildman–Crippen LogP) is 3.50. The molecule has 0 aromatic heterocycles. The molecule has 0 nitrogen and oxygen atoms in total. The maximum Gasteiger partial charge on any atom is -0.00700 e. The second-order valence-electron chi connectivity index (χ2n) is 3.30. The summed E-state index contributed by atoms with van der Waals surface area (Å²) in [6.07, 6.45) is 3.25. The summed E-state index contributed by atoms with van der Waals surface area (Å²) in [6, 6.07) is 8.72. The monoisotopic (exact) mass is 160 g/mol. The van der Waals surface area contributed by atoms with Gasteiger partial charge in [-0.15, -0.1) is 0 Å². The van der Waals surface area contributed by atoms with Crippen LogP contribution >= 0.6 is 0 Å². The second kappa shape index (κ2) is 4.10. The van der Waals surface area contributed by atoms with Crippen molar-refractivity contribution in [3.63, 3.8) is 0 Å². The summed E-state index contributed by atoms with van der Waals surface area (Å²) in [5.74, 6) is 0. The van der Waals surface area contributed by atoms with E-state index < -0.39 is 0 Å². The standard InChI is InChI=1S/C12H16/c1-4-10(2)9-12-7-5-11(3)6-8-12/h4-8H,9H2,1-3H3. The first kappa shape index (κ1) is 9.05. The zero-order valence-corrected chi connectivity index (χ0v) is 8.09. The Kier molecular flexibility index (Phi) is 3.09. The highest BCUT2D eigenvalue weighted by Crippen LogP contribution is 2.08. The minimum absolute atomic E-state index is 1.08. The van der Waals surface area contributed by atoms with Crippen molar-refractivity contribution in [2.24, 2.45) is 0 Å². The first-order chi connectivity index (χ1) is 5.72. The van der Waals surface area contributed by atoms with Gasteiger partial charge in [0.1, 0.15) is 0 Å². The maximum atomic E-state index is 2.20. The van der Waals surface area contributed by atoms with Gasteiger partial charge in [0.25, 0.3) is 0 Å². The molecule has 0 bridgehead atoms. The smallest absolute Gasteiger partial charge is 0.00700 e. The molecular formula is C12H16. The van der Waals surface area contributed by atoms with Crippen molar-refractivity contribution in [3.05, 3.63) is 47.0 Å². The van der Waals surface area contributed by atoms with Gasteiger partial charge in [0.15, 0.2) is 0 Å². The highest BCUT2D eigenvalue weighted by molar-refractivity contribution is 5.24. The molecule has 0 saturated heterocycles. The van der Waals surface area contributed by atoms with E-state index in [1.54, 1.807) is 0 Å². The van der Waals surface area contributed by atoms with Crippen LogP contribution in [0.2, 0.25) is 0 Å². The van der Waals surface area contributed by atoms with Crippen molar-refractivity contribution < 1.29 is 0 Å². The van der Waals surface area contributed by atoms with Gasteiger partial charge in [-0.25, -0.2) is 0 Å². The average Bonchev–Trinajstić information content (AvgIpc) is 2.09. The number of rotatable bonds is 2. The van der Waals surface area contributed by atoms with E-state index in [1.807, 2.05) is 0 Å². The first-order valence-corrected chi connectivity index (χ1v) is 4.39. The Labute approximate surface area is 74.9 Å². The third-order valence-corrected chi connectivity index (χ3v) is 2.10. The molecule has 0 atom stereocenters. The molecule has 0 fully saturated rings. The molecule has 1 aromatic carbocycles. The van der Waals surface area contributed by atoms with E-state index in [4.69, 9.17) is 0 Å². The van der Waals surface area contributed by atoms with Gasteiger partial charge in [-0.2, -0.15) is 0 Å². The molecule has 0 amide bonds. The summed E-state index contributed by atoms with van der Waals surface area (Å²) in [6.45, 7) is 6.37. The lowest BCUT2D eigenvalue weighted by Gasteiger charge is -2.01. The zero-order chi connectivity index (χ0) is 8.97. The lowest BCUT2D eigenvalue weighted by atomic mass is 10.1. The summed E-state index contributed by atoms with van der Waals surface area (Å²) in [7, 11) is 0. The van der Waals surface area contributed by atoms with Crippen LogP contribution in [0.1, 0.15) is 25.0 Å². The van der Waals surface area contributed by atoms with E-state index in [2.05, 4.69) is 51.1 Å². The molecule has 0 radical (unpaired) electrons. The van der Waals surface area contributed by atoms with Crippen LogP contribution in [0, 0.1) is 6.92 Å². The Morgan fingerprint density at radius 1 is 1.25 bits per heavy atom. The second-order valence-corrected chi connectivity index (χ2v) is 3.30. The summed E-state index contributed by atoms with van der Waals surface area (Å²) in [4.78, 5) is 0. The molecule has 1 aromatic rings. The molecule has 0 aliphatic carbocycles. The Morgan fingerprint density at radius 2 is 1.83 bits per heavy atom. The SMILES string of the molecule is CC=C(C)Cc1ccc(C)cc1. The zero-order valence-electron chi connectivity index (χ0n) is 8.09. The van der Waals surface area contributed by atoms with Crippen molar-refractivity contribution >= 4 is 0 Å². The first-order valence-electron chi connectivity index (χ1n) is 4.39. The fourth-order valence-corrected chi connectivity index (χ4v) is 1.13. The van der Waals surface area contributed by atoms with Crippen LogP contribution in [0.4, 0.5) is 0 Å². The van der Waals surface area contributed by atoms with Crippen LogP contribution in [0.25, 0.3) is 0 Å². The number of allylic oxidation sites excluding steroid dienone is 2. The Hall–Kier alpha value is -1.04. The Morgan fingerprint density at radius 3 is 2.33 bits per heavy atom. The third-order valence-electron chi connectivity index (χ3n) is 2.10. The fourth-order valence-electron chi connectivity index (χ4n) is 1.13. The molecule has 0 spiro atoms.